The zero-order chi connectivity index (χ0) is 10.6. The van der Waals surface area contributed by atoms with Crippen molar-refractivity contribution >= 4 is 5.95 Å². The Morgan fingerprint density at radius 2 is 2.07 bits per heavy atom. The van der Waals surface area contributed by atoms with Gasteiger partial charge in [-0.2, -0.15) is 14.4 Å². The Balaban J connectivity index is 3.28. The zero-order valence-electron chi connectivity index (χ0n) is 7.35. The molecule has 0 amide bonds. The molecule has 0 aliphatic rings. The van der Waals surface area contributed by atoms with Crippen LogP contribution in [0.5, 0.6) is 0 Å². The van der Waals surface area contributed by atoms with Crippen molar-refractivity contribution in [2.24, 2.45) is 0 Å². The molecule has 1 aromatic rings. The van der Waals surface area contributed by atoms with Crippen LogP contribution < -0.4 is 4.48 Å². The van der Waals surface area contributed by atoms with Crippen LogP contribution in [0.15, 0.2) is 6.33 Å². The number of hydrogen-bond donors (Lipinski definition) is 0. The third-order valence-corrected chi connectivity index (χ3v) is 1.69. The van der Waals surface area contributed by atoms with Crippen molar-refractivity contribution < 1.29 is 4.39 Å². The van der Waals surface area contributed by atoms with E-state index in [0.717, 1.165) is 6.33 Å². The molecule has 0 saturated carbocycles. The van der Waals surface area contributed by atoms with Crippen LogP contribution in [0, 0.1) is 29.0 Å². The van der Waals surface area contributed by atoms with Crippen LogP contribution in [-0.2, 0) is 0 Å². The van der Waals surface area contributed by atoms with E-state index in [9.17, 15) is 4.39 Å². The molecule has 0 aliphatic heterocycles. The molecular formula is C7H6FN6+. The molecule has 0 spiro atoms. The normalized spacial score (nSPS) is 10.3. The Labute approximate surface area is 79.5 Å². The van der Waals surface area contributed by atoms with E-state index in [1.165, 1.54) is 0 Å². The third kappa shape index (κ3) is 1.49. The van der Waals surface area contributed by atoms with Gasteiger partial charge in [-0.3, -0.25) is 0 Å². The van der Waals surface area contributed by atoms with E-state index >= 15 is 0 Å². The number of halogens is 1. The fraction of sp³-hybridized carbons (Fsp3) is 0.286. The smallest absolute Gasteiger partial charge is 0.190 e. The van der Waals surface area contributed by atoms with Gasteiger partial charge in [-0.25, -0.2) is 0 Å². The first-order chi connectivity index (χ1) is 6.68. The van der Waals surface area contributed by atoms with Gasteiger partial charge in [0.1, 0.15) is 12.9 Å². The van der Waals surface area contributed by atoms with Crippen LogP contribution in [0.4, 0.5) is 10.3 Å². The van der Waals surface area contributed by atoms with Gasteiger partial charge >= 0.3 is 24.4 Å². The third-order valence-electron chi connectivity index (χ3n) is 1.69. The molecule has 0 atom stereocenters. The standard InChI is InChI=1S/C7H6FN6/c1-2-14(3-9,4-10)7-12-5-11-6(8)13-7/h5H,2H2,1H3/q+1. The van der Waals surface area contributed by atoms with E-state index in [4.69, 9.17) is 10.5 Å². The van der Waals surface area contributed by atoms with Crippen molar-refractivity contribution in [1.29, 1.82) is 10.5 Å². The maximum atomic E-state index is 12.6. The van der Waals surface area contributed by atoms with Gasteiger partial charge < -0.3 is 0 Å². The van der Waals surface area contributed by atoms with Gasteiger partial charge in [-0.1, -0.05) is 4.48 Å². The summed E-state index contributed by atoms with van der Waals surface area (Å²) in [7, 11) is 0. The second-order valence-electron chi connectivity index (χ2n) is 2.38. The molecule has 6 nitrogen and oxygen atoms in total. The summed E-state index contributed by atoms with van der Waals surface area (Å²) < 4.78 is 11.8. The van der Waals surface area contributed by atoms with Gasteiger partial charge in [-0.15, -0.1) is 15.5 Å². The van der Waals surface area contributed by atoms with Crippen molar-refractivity contribution in [3.8, 4) is 12.4 Å². The van der Waals surface area contributed by atoms with E-state index in [2.05, 4.69) is 15.0 Å². The van der Waals surface area contributed by atoms with Crippen molar-refractivity contribution in [2.75, 3.05) is 6.54 Å². The minimum absolute atomic E-state index is 0.135. The summed E-state index contributed by atoms with van der Waals surface area (Å²) in [6.45, 7) is 1.74. The summed E-state index contributed by atoms with van der Waals surface area (Å²) in [5, 5.41) is 17.6. The molecule has 0 aromatic carbocycles. The van der Waals surface area contributed by atoms with E-state index in [1.807, 2.05) is 0 Å². The van der Waals surface area contributed by atoms with Gasteiger partial charge in [0.05, 0.1) is 0 Å². The highest BCUT2D eigenvalue weighted by Crippen LogP contribution is 2.13. The lowest BCUT2D eigenvalue weighted by molar-refractivity contribution is 0.477. The first kappa shape index (κ1) is 9.96. The van der Waals surface area contributed by atoms with Crippen LogP contribution in [0.3, 0.4) is 0 Å². The monoisotopic (exact) mass is 193 g/mol. The van der Waals surface area contributed by atoms with E-state index < -0.39 is 10.6 Å². The SMILES string of the molecule is CC[N+](C#N)(C#N)c1ncnc(F)n1. The molecule has 0 saturated heterocycles. The van der Waals surface area contributed by atoms with Crippen LogP contribution in [0.2, 0.25) is 0 Å². The van der Waals surface area contributed by atoms with Crippen molar-refractivity contribution in [2.45, 2.75) is 6.92 Å². The molecule has 1 aromatic heterocycles. The summed E-state index contributed by atoms with van der Waals surface area (Å²) in [6, 6.07) is 0. The van der Waals surface area contributed by atoms with E-state index in [-0.39, 0.29) is 12.5 Å². The fourth-order valence-corrected chi connectivity index (χ4v) is 0.847. The molecule has 7 heteroatoms. The fourth-order valence-electron chi connectivity index (χ4n) is 0.847. The molecule has 1 heterocycles. The predicted molar refractivity (Wildman–Crippen MR) is 43.3 cm³/mol. The number of aromatic nitrogens is 3. The predicted octanol–water partition coefficient (Wildman–Crippen LogP) is 0.300. The Morgan fingerprint density at radius 3 is 2.50 bits per heavy atom. The second-order valence-corrected chi connectivity index (χ2v) is 2.38. The summed E-state index contributed by atoms with van der Waals surface area (Å²) in [5.41, 5.74) is 0. The first-order valence-corrected chi connectivity index (χ1v) is 3.74. The van der Waals surface area contributed by atoms with Crippen molar-refractivity contribution in [3.05, 3.63) is 12.4 Å². The maximum absolute atomic E-state index is 12.6. The van der Waals surface area contributed by atoms with Crippen molar-refractivity contribution in [1.82, 2.24) is 19.4 Å². The largest absolute Gasteiger partial charge is 0.364 e. The Morgan fingerprint density at radius 1 is 1.43 bits per heavy atom. The number of rotatable bonds is 2. The van der Waals surface area contributed by atoms with Gasteiger partial charge in [-0.05, 0) is 6.92 Å². The number of hydrogen-bond acceptors (Lipinski definition) is 5. The average Bonchev–Trinajstić information content (AvgIpc) is 2.22. The Bertz CT molecular complexity index is 403. The molecule has 0 aliphatic carbocycles. The van der Waals surface area contributed by atoms with Crippen LogP contribution in [0.1, 0.15) is 6.92 Å². The number of quaternary nitrogens is 1. The van der Waals surface area contributed by atoms with Crippen LogP contribution in [-0.4, -0.2) is 21.5 Å². The van der Waals surface area contributed by atoms with Crippen LogP contribution in [0.25, 0.3) is 0 Å². The van der Waals surface area contributed by atoms with E-state index in [1.54, 1.807) is 19.3 Å². The topological polar surface area (TPSA) is 86.2 Å². The molecule has 14 heavy (non-hydrogen) atoms. The van der Waals surface area contributed by atoms with Crippen molar-refractivity contribution in [3.63, 3.8) is 0 Å². The summed E-state index contributed by atoms with van der Waals surface area (Å²) in [5.74, 6) is -0.204. The summed E-state index contributed by atoms with van der Waals surface area (Å²) in [6.07, 6.45) is 3.35. The second kappa shape index (κ2) is 3.73. The summed E-state index contributed by atoms with van der Waals surface area (Å²) >= 11 is 0. The average molecular weight is 193 g/mol. The molecular weight excluding hydrogens is 187 g/mol. The lowest BCUT2D eigenvalue weighted by atomic mass is 10.5. The molecule has 0 fully saturated rings. The number of nitriles is 2. The van der Waals surface area contributed by atoms with Gasteiger partial charge in [0.2, 0.25) is 0 Å². The van der Waals surface area contributed by atoms with Gasteiger partial charge in [0.25, 0.3) is 0 Å². The molecule has 70 valence electrons. The first-order valence-electron chi connectivity index (χ1n) is 3.74. The number of nitrogens with zero attached hydrogens (tertiary/aromatic N) is 6. The Hall–Kier alpha value is -2.12. The lowest BCUT2D eigenvalue weighted by Gasteiger charge is -2.12. The molecule has 0 bridgehead atoms. The van der Waals surface area contributed by atoms with E-state index in [0.29, 0.717) is 0 Å². The highest BCUT2D eigenvalue weighted by molar-refractivity contribution is 5.34. The van der Waals surface area contributed by atoms with Gasteiger partial charge in [0, 0.05) is 0 Å². The van der Waals surface area contributed by atoms with Crippen LogP contribution >= 0.6 is 0 Å². The quantitative estimate of drug-likeness (QED) is 0.498. The minimum Gasteiger partial charge on any atom is -0.190 e. The molecule has 0 radical (unpaired) electrons. The molecule has 1 rings (SSSR count). The minimum atomic E-state index is -1.00. The zero-order valence-corrected chi connectivity index (χ0v) is 7.35. The highest BCUT2D eigenvalue weighted by atomic mass is 19.1. The Kier molecular flexibility index (Phi) is 2.65. The highest BCUT2D eigenvalue weighted by Gasteiger charge is 2.34. The summed E-state index contributed by atoms with van der Waals surface area (Å²) in [4.78, 5) is 10.0. The lowest BCUT2D eigenvalue weighted by Crippen LogP contribution is -2.40. The maximum Gasteiger partial charge on any atom is 0.364 e. The van der Waals surface area contributed by atoms with Gasteiger partial charge in [0.15, 0.2) is 0 Å². The molecule has 0 N–H and O–H groups in total. The molecule has 0 unspecified atom stereocenters.